The number of fused-ring (bicyclic) bond motifs is 1. The fourth-order valence-electron chi connectivity index (χ4n) is 4.27. The number of rotatable bonds is 8. The van der Waals surface area contributed by atoms with Crippen LogP contribution < -0.4 is 10.2 Å². The highest BCUT2D eigenvalue weighted by Gasteiger charge is 2.32. The van der Waals surface area contributed by atoms with Crippen LogP contribution >= 0.6 is 0 Å². The van der Waals surface area contributed by atoms with Crippen LogP contribution in [0, 0.1) is 5.82 Å². The van der Waals surface area contributed by atoms with Crippen molar-refractivity contribution in [1.82, 2.24) is 9.88 Å². The van der Waals surface area contributed by atoms with E-state index >= 15 is 0 Å². The van der Waals surface area contributed by atoms with Crippen molar-refractivity contribution in [2.45, 2.75) is 18.9 Å². The van der Waals surface area contributed by atoms with Crippen LogP contribution in [0.15, 0.2) is 48.7 Å². The maximum absolute atomic E-state index is 13.2. The molecule has 1 aliphatic rings. The molecular weight excluding hydrogens is 443 g/mol. The second kappa shape index (κ2) is 9.92. The second-order valence-electron chi connectivity index (χ2n) is 8.19. The van der Waals surface area contributed by atoms with E-state index in [0.717, 1.165) is 11.2 Å². The fraction of sp³-hybridized carbons (Fsp3) is 0.292. The van der Waals surface area contributed by atoms with E-state index in [1.165, 1.54) is 12.1 Å². The molecule has 2 heterocycles. The van der Waals surface area contributed by atoms with Crippen molar-refractivity contribution < 1.29 is 29.0 Å². The number of nitrogens with one attached hydrogen (secondary N) is 2. The van der Waals surface area contributed by atoms with Gasteiger partial charge < -0.3 is 25.4 Å². The lowest BCUT2D eigenvalue weighted by molar-refractivity contribution is -0.143. The predicted molar refractivity (Wildman–Crippen MR) is 124 cm³/mol. The summed E-state index contributed by atoms with van der Waals surface area (Å²) in [5.41, 5.74) is 2.67. The van der Waals surface area contributed by atoms with Crippen LogP contribution in [-0.4, -0.2) is 64.1 Å². The lowest BCUT2D eigenvalue weighted by Crippen LogP contribution is -2.49. The molecule has 0 aliphatic carbocycles. The topological polar surface area (TPSA) is 126 Å². The number of aromatic amines is 1. The highest BCUT2D eigenvalue weighted by Crippen LogP contribution is 2.32. The molecular formula is C24H25FN4O5. The van der Waals surface area contributed by atoms with Crippen molar-refractivity contribution >= 4 is 40.1 Å². The first-order valence-electron chi connectivity index (χ1n) is 10.9. The van der Waals surface area contributed by atoms with Crippen LogP contribution in [0.25, 0.3) is 10.9 Å². The Bertz CT molecular complexity index is 1200. The largest absolute Gasteiger partial charge is 0.481 e. The molecule has 4 N–H and O–H groups in total. The minimum atomic E-state index is -1.05. The minimum absolute atomic E-state index is 0.149. The number of benzene rings is 2. The number of aromatic nitrogens is 1. The molecule has 1 fully saturated rings. The first-order chi connectivity index (χ1) is 16.3. The van der Waals surface area contributed by atoms with E-state index in [1.54, 1.807) is 36.5 Å². The number of carboxylic acid groups (broad SMARTS) is 2. The van der Waals surface area contributed by atoms with Gasteiger partial charge in [-0.2, -0.15) is 0 Å². The van der Waals surface area contributed by atoms with E-state index in [2.05, 4.69) is 15.2 Å². The number of H-pyrrole nitrogens is 1. The van der Waals surface area contributed by atoms with Crippen molar-refractivity contribution in [3.8, 4) is 0 Å². The Balaban J connectivity index is 1.51. The molecule has 0 spiro atoms. The van der Waals surface area contributed by atoms with Gasteiger partial charge in [-0.3, -0.25) is 19.3 Å². The van der Waals surface area contributed by atoms with E-state index in [0.29, 0.717) is 42.8 Å². The van der Waals surface area contributed by atoms with Crippen molar-refractivity contribution in [3.63, 3.8) is 0 Å². The maximum Gasteiger partial charge on any atom is 0.325 e. The lowest BCUT2D eigenvalue weighted by Gasteiger charge is -2.38. The molecule has 9 nitrogen and oxygen atoms in total. The van der Waals surface area contributed by atoms with Crippen molar-refractivity contribution in [1.29, 1.82) is 0 Å². The summed E-state index contributed by atoms with van der Waals surface area (Å²) in [6, 6.07) is 10.5. The second-order valence-corrected chi connectivity index (χ2v) is 8.19. The molecule has 1 atom stereocenters. The number of anilines is 2. The van der Waals surface area contributed by atoms with Crippen LogP contribution in [0.2, 0.25) is 0 Å². The highest BCUT2D eigenvalue weighted by molar-refractivity contribution is 5.96. The summed E-state index contributed by atoms with van der Waals surface area (Å²) in [6.07, 6.45) is 1.25. The monoisotopic (exact) mass is 468 g/mol. The van der Waals surface area contributed by atoms with Gasteiger partial charge in [0.2, 0.25) is 5.91 Å². The van der Waals surface area contributed by atoms with Gasteiger partial charge in [0.05, 0.1) is 6.42 Å². The van der Waals surface area contributed by atoms with Gasteiger partial charge >= 0.3 is 11.9 Å². The number of carbonyl (C=O) groups excluding carboxylic acids is 1. The molecule has 0 saturated carbocycles. The summed E-state index contributed by atoms with van der Waals surface area (Å²) in [4.78, 5) is 42.1. The molecule has 178 valence electrons. The zero-order valence-corrected chi connectivity index (χ0v) is 18.3. The summed E-state index contributed by atoms with van der Waals surface area (Å²) >= 11 is 0. The molecule has 4 rings (SSSR count). The van der Waals surface area contributed by atoms with Crippen molar-refractivity contribution in [3.05, 3.63) is 60.0 Å². The van der Waals surface area contributed by atoms with Gasteiger partial charge in [0.25, 0.3) is 0 Å². The van der Waals surface area contributed by atoms with Gasteiger partial charge in [-0.15, -0.1) is 0 Å². The van der Waals surface area contributed by atoms with Crippen LogP contribution in [0.3, 0.4) is 0 Å². The molecule has 0 unspecified atom stereocenters. The minimum Gasteiger partial charge on any atom is -0.481 e. The summed E-state index contributed by atoms with van der Waals surface area (Å²) in [5, 5.41) is 22.2. The van der Waals surface area contributed by atoms with Gasteiger partial charge in [-0.25, -0.2) is 4.39 Å². The number of halogens is 1. The molecule has 34 heavy (non-hydrogen) atoms. The first-order valence-corrected chi connectivity index (χ1v) is 10.9. The number of amides is 1. The number of carbonyl (C=O) groups is 3. The van der Waals surface area contributed by atoms with Crippen molar-refractivity contribution in [2.24, 2.45) is 0 Å². The number of carboxylic acids is 2. The maximum atomic E-state index is 13.2. The molecule has 0 bridgehead atoms. The SMILES string of the molecule is O=C(O)CCC(=O)Nc1ccc2[nH]cc([C@H](C(=O)O)N3CCN(c4ccc(F)cc4)CC3)c2c1. The number of nitrogens with zero attached hydrogens (tertiary/aromatic N) is 2. The van der Waals surface area contributed by atoms with E-state index in [9.17, 15) is 23.9 Å². The molecule has 1 aromatic heterocycles. The Labute approximate surface area is 194 Å². The smallest absolute Gasteiger partial charge is 0.325 e. The molecule has 2 aromatic carbocycles. The van der Waals surface area contributed by atoms with Gasteiger partial charge in [-0.05, 0) is 42.5 Å². The van der Waals surface area contributed by atoms with Crippen LogP contribution in [0.5, 0.6) is 0 Å². The molecule has 1 aliphatic heterocycles. The lowest BCUT2D eigenvalue weighted by atomic mass is 10.0. The third kappa shape index (κ3) is 5.18. The highest BCUT2D eigenvalue weighted by atomic mass is 19.1. The average Bonchev–Trinajstić information content (AvgIpc) is 3.21. The zero-order valence-electron chi connectivity index (χ0n) is 18.3. The van der Waals surface area contributed by atoms with Crippen LogP contribution in [0.1, 0.15) is 24.4 Å². The Morgan fingerprint density at radius 2 is 1.71 bits per heavy atom. The van der Waals surface area contributed by atoms with E-state index in [1.807, 2.05) is 4.90 Å². The van der Waals surface area contributed by atoms with E-state index in [-0.39, 0.29) is 18.7 Å². The van der Waals surface area contributed by atoms with Crippen LogP contribution in [-0.2, 0) is 14.4 Å². The standard InChI is InChI=1S/C24H25FN4O5/c25-15-1-4-17(5-2-15)28-9-11-29(12-10-28)23(24(33)34)19-14-26-20-6-3-16(13-18(19)20)27-21(30)7-8-22(31)32/h1-6,13-14,23,26H,7-12H2,(H,27,30)(H,31,32)(H,33,34)/t23-/m1/s1. The van der Waals surface area contributed by atoms with Crippen LogP contribution in [0.4, 0.5) is 15.8 Å². The molecule has 10 heteroatoms. The summed E-state index contributed by atoms with van der Waals surface area (Å²) in [6.45, 7) is 2.21. The van der Waals surface area contributed by atoms with E-state index in [4.69, 9.17) is 5.11 Å². The molecule has 1 saturated heterocycles. The van der Waals surface area contributed by atoms with Gasteiger partial charge in [0, 0.05) is 66.6 Å². The fourth-order valence-corrected chi connectivity index (χ4v) is 4.27. The molecule has 1 amide bonds. The zero-order chi connectivity index (χ0) is 24.2. The number of hydrogen-bond donors (Lipinski definition) is 4. The summed E-state index contributed by atoms with van der Waals surface area (Å²) in [7, 11) is 0. The third-order valence-corrected chi connectivity index (χ3v) is 5.96. The Hall–Kier alpha value is -3.92. The number of piperazine rings is 1. The van der Waals surface area contributed by atoms with Gasteiger partial charge in [0.1, 0.15) is 11.9 Å². The Kier molecular flexibility index (Phi) is 6.78. The quantitative estimate of drug-likeness (QED) is 0.400. The number of hydrogen-bond acceptors (Lipinski definition) is 5. The van der Waals surface area contributed by atoms with Crippen molar-refractivity contribution in [2.75, 3.05) is 36.4 Å². The molecule has 3 aromatic rings. The number of aliphatic carboxylic acids is 2. The van der Waals surface area contributed by atoms with Gasteiger partial charge in [-0.1, -0.05) is 0 Å². The predicted octanol–water partition coefficient (Wildman–Crippen LogP) is 3.06. The average molecular weight is 468 g/mol. The normalized spacial score (nSPS) is 15.3. The van der Waals surface area contributed by atoms with E-state index < -0.39 is 23.9 Å². The third-order valence-electron chi connectivity index (χ3n) is 5.96. The molecule has 0 radical (unpaired) electrons. The Morgan fingerprint density at radius 3 is 2.35 bits per heavy atom. The summed E-state index contributed by atoms with van der Waals surface area (Å²) in [5.74, 6) is -2.76. The summed E-state index contributed by atoms with van der Waals surface area (Å²) < 4.78 is 13.2. The van der Waals surface area contributed by atoms with Gasteiger partial charge in [0.15, 0.2) is 0 Å². The Morgan fingerprint density at radius 1 is 1.00 bits per heavy atom. The first kappa shape index (κ1) is 23.2.